The summed E-state index contributed by atoms with van der Waals surface area (Å²) < 4.78 is 5.83. The van der Waals surface area contributed by atoms with Crippen LogP contribution in [-0.2, 0) is 4.74 Å². The number of rotatable bonds is 5. The van der Waals surface area contributed by atoms with Crippen molar-refractivity contribution in [2.45, 2.75) is 64.1 Å². The molecule has 3 nitrogen and oxygen atoms in total. The first-order chi connectivity index (χ1) is 8.74. The molecular weight excluding hydrogens is 226 g/mol. The Kier molecular flexibility index (Phi) is 5.93. The van der Waals surface area contributed by atoms with E-state index in [4.69, 9.17) is 4.74 Å². The second kappa shape index (κ2) is 7.46. The van der Waals surface area contributed by atoms with Crippen LogP contribution >= 0.6 is 0 Å². The standard InChI is InChI=1S/C15H29NO2/c1-13-7-9-16(10-8-13)11-14(17)12-18-15-5-3-2-4-6-15/h13-15,17H,2-12H2,1H3. The molecule has 3 heteroatoms. The molecule has 18 heavy (non-hydrogen) atoms. The average Bonchev–Trinajstić information content (AvgIpc) is 2.40. The molecule has 0 aromatic heterocycles. The molecule has 1 aliphatic carbocycles. The summed E-state index contributed by atoms with van der Waals surface area (Å²) in [6.45, 7) is 5.92. The third-order valence-corrected chi connectivity index (χ3v) is 4.42. The number of aliphatic hydroxyl groups is 1. The van der Waals surface area contributed by atoms with Crippen LogP contribution in [0.5, 0.6) is 0 Å². The molecule has 2 fully saturated rings. The van der Waals surface area contributed by atoms with Gasteiger partial charge in [0.1, 0.15) is 0 Å². The first-order valence-electron chi connectivity index (χ1n) is 7.76. The maximum Gasteiger partial charge on any atom is 0.0900 e. The first kappa shape index (κ1) is 14.3. The highest BCUT2D eigenvalue weighted by molar-refractivity contribution is 4.73. The molecule has 0 bridgehead atoms. The summed E-state index contributed by atoms with van der Waals surface area (Å²) in [5, 5.41) is 10.0. The highest BCUT2D eigenvalue weighted by atomic mass is 16.5. The largest absolute Gasteiger partial charge is 0.389 e. The van der Waals surface area contributed by atoms with E-state index in [-0.39, 0.29) is 6.10 Å². The van der Waals surface area contributed by atoms with E-state index in [1.807, 2.05) is 0 Å². The third-order valence-electron chi connectivity index (χ3n) is 4.42. The van der Waals surface area contributed by atoms with E-state index in [1.54, 1.807) is 0 Å². The molecule has 0 radical (unpaired) electrons. The zero-order chi connectivity index (χ0) is 12.8. The molecule has 0 spiro atoms. The lowest BCUT2D eigenvalue weighted by Crippen LogP contribution is -2.40. The van der Waals surface area contributed by atoms with Gasteiger partial charge in [0.15, 0.2) is 0 Å². The van der Waals surface area contributed by atoms with Crippen molar-refractivity contribution in [3.63, 3.8) is 0 Å². The molecule has 0 aromatic carbocycles. The van der Waals surface area contributed by atoms with E-state index in [0.29, 0.717) is 12.7 Å². The Hall–Kier alpha value is -0.120. The predicted octanol–water partition coefficient (Wildman–Crippen LogP) is 2.43. The molecular formula is C15H29NO2. The number of likely N-dealkylation sites (tertiary alicyclic amines) is 1. The molecule has 1 N–H and O–H groups in total. The molecule has 0 amide bonds. The summed E-state index contributed by atoms with van der Waals surface area (Å²) in [5.41, 5.74) is 0. The fourth-order valence-electron chi connectivity index (χ4n) is 3.07. The Balaban J connectivity index is 1.58. The van der Waals surface area contributed by atoms with Gasteiger partial charge >= 0.3 is 0 Å². The van der Waals surface area contributed by atoms with Gasteiger partial charge in [-0.15, -0.1) is 0 Å². The molecule has 1 saturated heterocycles. The minimum Gasteiger partial charge on any atom is -0.389 e. The van der Waals surface area contributed by atoms with Gasteiger partial charge in [0.25, 0.3) is 0 Å². The van der Waals surface area contributed by atoms with Crippen LogP contribution in [0.1, 0.15) is 51.9 Å². The number of piperidine rings is 1. The van der Waals surface area contributed by atoms with Crippen LogP contribution in [0, 0.1) is 5.92 Å². The van der Waals surface area contributed by atoms with Crippen molar-refractivity contribution in [3.8, 4) is 0 Å². The van der Waals surface area contributed by atoms with Gasteiger partial charge in [0.2, 0.25) is 0 Å². The molecule has 1 heterocycles. The van der Waals surface area contributed by atoms with Crippen molar-refractivity contribution in [2.24, 2.45) is 5.92 Å². The zero-order valence-electron chi connectivity index (χ0n) is 11.8. The summed E-state index contributed by atoms with van der Waals surface area (Å²) >= 11 is 0. The van der Waals surface area contributed by atoms with Crippen LogP contribution in [0.3, 0.4) is 0 Å². The van der Waals surface area contributed by atoms with Crippen LogP contribution in [0.25, 0.3) is 0 Å². The highest BCUT2D eigenvalue weighted by Crippen LogP contribution is 2.20. The smallest absolute Gasteiger partial charge is 0.0900 e. The number of ether oxygens (including phenoxy) is 1. The van der Waals surface area contributed by atoms with Crippen molar-refractivity contribution in [1.29, 1.82) is 0 Å². The van der Waals surface area contributed by atoms with Gasteiger partial charge in [0.05, 0.1) is 18.8 Å². The van der Waals surface area contributed by atoms with Gasteiger partial charge in [0, 0.05) is 6.54 Å². The van der Waals surface area contributed by atoms with E-state index in [1.165, 1.54) is 44.9 Å². The molecule has 106 valence electrons. The van der Waals surface area contributed by atoms with Crippen molar-refractivity contribution in [1.82, 2.24) is 4.90 Å². The lowest BCUT2D eigenvalue weighted by molar-refractivity contribution is -0.0355. The molecule has 1 saturated carbocycles. The maximum absolute atomic E-state index is 10.0. The Morgan fingerprint density at radius 3 is 2.44 bits per heavy atom. The van der Waals surface area contributed by atoms with Crippen LogP contribution in [0.2, 0.25) is 0 Å². The van der Waals surface area contributed by atoms with Crippen LogP contribution in [-0.4, -0.2) is 48.5 Å². The van der Waals surface area contributed by atoms with Gasteiger partial charge in [-0.3, -0.25) is 0 Å². The number of β-amino-alcohol motifs (C(OH)–C–C–N with tert-alkyl or cyclic N) is 1. The Labute approximate surface area is 112 Å². The summed E-state index contributed by atoms with van der Waals surface area (Å²) in [6, 6.07) is 0. The maximum atomic E-state index is 10.0. The third kappa shape index (κ3) is 4.87. The molecule has 1 unspecified atom stereocenters. The Morgan fingerprint density at radius 1 is 1.11 bits per heavy atom. The normalized spacial score (nSPS) is 26.3. The number of hydrogen-bond acceptors (Lipinski definition) is 3. The van der Waals surface area contributed by atoms with Crippen LogP contribution in [0.15, 0.2) is 0 Å². The van der Waals surface area contributed by atoms with E-state index in [0.717, 1.165) is 25.6 Å². The molecule has 1 aliphatic heterocycles. The van der Waals surface area contributed by atoms with Crippen LogP contribution < -0.4 is 0 Å². The van der Waals surface area contributed by atoms with E-state index in [9.17, 15) is 5.11 Å². The number of hydrogen-bond donors (Lipinski definition) is 1. The first-order valence-corrected chi connectivity index (χ1v) is 7.76. The van der Waals surface area contributed by atoms with Gasteiger partial charge in [-0.2, -0.15) is 0 Å². The SMILES string of the molecule is CC1CCN(CC(O)COC2CCCCC2)CC1. The topological polar surface area (TPSA) is 32.7 Å². The molecule has 2 aliphatic rings. The quantitative estimate of drug-likeness (QED) is 0.819. The Bertz CT molecular complexity index is 221. The van der Waals surface area contributed by atoms with Gasteiger partial charge in [-0.1, -0.05) is 26.2 Å². The highest BCUT2D eigenvalue weighted by Gasteiger charge is 2.20. The van der Waals surface area contributed by atoms with E-state index >= 15 is 0 Å². The number of aliphatic hydroxyl groups excluding tert-OH is 1. The summed E-state index contributed by atoms with van der Waals surface area (Å²) in [6.07, 6.45) is 8.98. The lowest BCUT2D eigenvalue weighted by atomic mass is 9.98. The van der Waals surface area contributed by atoms with Crippen molar-refractivity contribution < 1.29 is 9.84 Å². The monoisotopic (exact) mass is 255 g/mol. The minimum atomic E-state index is -0.305. The second-order valence-corrected chi connectivity index (χ2v) is 6.23. The van der Waals surface area contributed by atoms with Gasteiger partial charge in [-0.25, -0.2) is 0 Å². The summed E-state index contributed by atoms with van der Waals surface area (Å²) in [5.74, 6) is 0.858. The van der Waals surface area contributed by atoms with Crippen molar-refractivity contribution >= 4 is 0 Å². The fraction of sp³-hybridized carbons (Fsp3) is 1.00. The summed E-state index contributed by atoms with van der Waals surface area (Å²) in [4.78, 5) is 2.38. The zero-order valence-corrected chi connectivity index (χ0v) is 11.8. The fourth-order valence-corrected chi connectivity index (χ4v) is 3.07. The second-order valence-electron chi connectivity index (χ2n) is 6.23. The lowest BCUT2D eigenvalue weighted by Gasteiger charge is -2.32. The van der Waals surface area contributed by atoms with Gasteiger partial charge in [-0.05, 0) is 44.7 Å². The van der Waals surface area contributed by atoms with E-state index in [2.05, 4.69) is 11.8 Å². The summed E-state index contributed by atoms with van der Waals surface area (Å²) in [7, 11) is 0. The minimum absolute atomic E-state index is 0.305. The average molecular weight is 255 g/mol. The number of nitrogens with zero attached hydrogens (tertiary/aromatic N) is 1. The Morgan fingerprint density at radius 2 is 1.78 bits per heavy atom. The molecule has 2 rings (SSSR count). The van der Waals surface area contributed by atoms with Gasteiger partial charge < -0.3 is 14.7 Å². The predicted molar refractivity (Wildman–Crippen MR) is 73.7 cm³/mol. The van der Waals surface area contributed by atoms with Crippen LogP contribution in [0.4, 0.5) is 0 Å². The van der Waals surface area contributed by atoms with Crippen molar-refractivity contribution in [2.75, 3.05) is 26.2 Å². The van der Waals surface area contributed by atoms with Crippen molar-refractivity contribution in [3.05, 3.63) is 0 Å². The van der Waals surface area contributed by atoms with E-state index < -0.39 is 0 Å². The molecule has 0 aromatic rings. The molecule has 1 atom stereocenters.